The van der Waals surface area contributed by atoms with Crippen LogP contribution in [0.3, 0.4) is 0 Å². The summed E-state index contributed by atoms with van der Waals surface area (Å²) in [5.74, 6) is -12.4. The maximum Gasteiger partial charge on any atom is 0.434 e. The van der Waals surface area contributed by atoms with Gasteiger partial charge in [0.2, 0.25) is 11.9 Å². The number of carbonyl (C=O) groups is 3. The summed E-state index contributed by atoms with van der Waals surface area (Å²) in [5.41, 5.74) is -2.66. The lowest BCUT2D eigenvalue weighted by Gasteiger charge is -2.27. The molecule has 0 N–H and O–H groups in total. The van der Waals surface area contributed by atoms with Gasteiger partial charge in [-0.05, 0) is 52.9 Å². The number of alkyl halides is 6. The molecule has 1 aromatic carbocycles. The summed E-state index contributed by atoms with van der Waals surface area (Å²) < 4.78 is 150. The lowest BCUT2D eigenvalue weighted by Crippen LogP contribution is -2.47. The van der Waals surface area contributed by atoms with Crippen LogP contribution in [0.4, 0.5) is 48.3 Å². The molecule has 2 rings (SSSR count). The highest BCUT2D eigenvalue weighted by molar-refractivity contribution is 5.82. The van der Waals surface area contributed by atoms with Crippen LogP contribution in [0.25, 0.3) is 0 Å². The van der Waals surface area contributed by atoms with Crippen molar-refractivity contribution in [2.45, 2.75) is 112 Å². The smallest absolute Gasteiger partial charge is 0.434 e. The van der Waals surface area contributed by atoms with Crippen LogP contribution in [0.2, 0.25) is 0 Å². The van der Waals surface area contributed by atoms with Crippen molar-refractivity contribution < 1.29 is 76.9 Å². The van der Waals surface area contributed by atoms with Crippen molar-refractivity contribution in [3.05, 3.63) is 34.6 Å². The molecule has 6 nitrogen and oxygen atoms in total. The zero-order valence-corrected chi connectivity index (χ0v) is 26.4. The molecule has 0 radical (unpaired) electrons. The Bertz CT molecular complexity index is 1170. The predicted octanol–water partition coefficient (Wildman–Crippen LogP) is 8.64. The zero-order chi connectivity index (χ0) is 36.6. The fourth-order valence-corrected chi connectivity index (χ4v) is 3.01. The van der Waals surface area contributed by atoms with E-state index in [1.165, 1.54) is 27.7 Å². The van der Waals surface area contributed by atoms with E-state index < -0.39 is 87.9 Å². The van der Waals surface area contributed by atoms with Crippen molar-refractivity contribution in [1.29, 1.82) is 0 Å². The first-order valence-corrected chi connectivity index (χ1v) is 13.9. The molecule has 1 heterocycles. The molecule has 0 saturated carbocycles. The van der Waals surface area contributed by atoms with Gasteiger partial charge in [0.25, 0.3) is 6.10 Å². The summed E-state index contributed by atoms with van der Waals surface area (Å²) in [7, 11) is 0. The van der Waals surface area contributed by atoms with Crippen molar-refractivity contribution in [3.63, 3.8) is 0 Å². The molecule has 1 fully saturated rings. The second-order valence-corrected chi connectivity index (χ2v) is 11.5. The summed E-state index contributed by atoms with van der Waals surface area (Å²) in [6.45, 7) is 12.7. The molecule has 1 aliphatic rings. The molecule has 0 amide bonds. The van der Waals surface area contributed by atoms with Crippen molar-refractivity contribution in [2.75, 3.05) is 6.61 Å². The van der Waals surface area contributed by atoms with Crippen molar-refractivity contribution in [2.24, 2.45) is 10.8 Å². The molecule has 0 spiro atoms. The molecule has 1 saturated heterocycles. The summed E-state index contributed by atoms with van der Waals surface area (Å²) in [5, 5.41) is 0. The van der Waals surface area contributed by atoms with E-state index in [9.17, 15) is 62.7 Å². The Kier molecular flexibility index (Phi) is 15.5. The number of esters is 3. The second-order valence-electron chi connectivity index (χ2n) is 11.5. The van der Waals surface area contributed by atoms with E-state index in [0.717, 1.165) is 0 Å². The summed E-state index contributed by atoms with van der Waals surface area (Å²) >= 11 is 0. The summed E-state index contributed by atoms with van der Waals surface area (Å²) in [4.78, 5) is 33.8. The van der Waals surface area contributed by atoms with Crippen LogP contribution in [-0.4, -0.2) is 49.1 Å². The highest BCUT2D eigenvalue weighted by atomic mass is 19.4. The van der Waals surface area contributed by atoms with E-state index in [1.54, 1.807) is 20.8 Å². The van der Waals surface area contributed by atoms with Crippen LogP contribution >= 0.6 is 0 Å². The average Bonchev–Trinajstić information content (AvgIpc) is 3.36. The Morgan fingerprint density at radius 1 is 0.761 bits per heavy atom. The van der Waals surface area contributed by atoms with Crippen LogP contribution in [0.5, 0.6) is 0 Å². The van der Waals surface area contributed by atoms with Gasteiger partial charge in [0, 0.05) is 12.0 Å². The number of cyclic esters (lactones) is 1. The molecular weight excluding hydrogens is 653 g/mol. The largest absolute Gasteiger partial charge is 0.463 e. The minimum Gasteiger partial charge on any atom is -0.463 e. The maximum absolute atomic E-state index is 13.1. The van der Waals surface area contributed by atoms with E-state index in [4.69, 9.17) is 9.47 Å². The van der Waals surface area contributed by atoms with Crippen molar-refractivity contribution in [1.82, 2.24) is 0 Å². The predicted molar refractivity (Wildman–Crippen MR) is 141 cm³/mol. The molecule has 0 aliphatic carbocycles. The quantitative estimate of drug-likeness (QED) is 0.0894. The van der Waals surface area contributed by atoms with Crippen LogP contribution in [0, 0.1) is 39.9 Å². The van der Waals surface area contributed by atoms with Gasteiger partial charge in [0.1, 0.15) is 0 Å². The van der Waals surface area contributed by atoms with Crippen molar-refractivity contribution in [3.8, 4) is 0 Å². The molecule has 1 aliphatic heterocycles. The van der Waals surface area contributed by atoms with Gasteiger partial charge < -0.3 is 14.2 Å². The van der Waals surface area contributed by atoms with Gasteiger partial charge in [0.15, 0.2) is 23.3 Å². The van der Waals surface area contributed by atoms with Gasteiger partial charge in [-0.15, -0.1) is 0 Å². The average molecular weight is 691 g/mol. The molecule has 2 unspecified atom stereocenters. The number of ether oxygens (including phenoxy) is 3. The molecule has 2 atom stereocenters. The molecule has 1 aromatic rings. The third-order valence-corrected chi connectivity index (χ3v) is 7.18. The Labute approximate surface area is 258 Å². The second kappa shape index (κ2) is 16.6. The van der Waals surface area contributed by atoms with Crippen LogP contribution in [0.1, 0.15) is 92.6 Å². The van der Waals surface area contributed by atoms with E-state index in [-0.39, 0.29) is 12.4 Å². The van der Waals surface area contributed by atoms with Crippen LogP contribution in [-0.2, 0) is 28.6 Å². The highest BCUT2D eigenvalue weighted by Gasteiger charge is 2.60. The number of benzene rings is 1. The Hall–Kier alpha value is -3.14. The van der Waals surface area contributed by atoms with Gasteiger partial charge in [-0.25, -0.2) is 26.7 Å². The highest BCUT2D eigenvalue weighted by Crippen LogP contribution is 2.37. The Morgan fingerprint density at radius 3 is 1.48 bits per heavy atom. The third-order valence-electron chi connectivity index (χ3n) is 7.18. The first kappa shape index (κ1) is 42.9. The van der Waals surface area contributed by atoms with Gasteiger partial charge in [-0.3, -0.25) is 9.59 Å². The standard InChI is InChI=1S/C10H9F5.C10H16O4.C9H12F6O2/c1-3-4(2)5-6(11)8(13)10(15)9(14)7(5)12;1-4-10(2,3)9(12)14-7-5-6-13-8(7)11;1-4-7(2,3)6(16)17-5(8(10,11)12)9(13,14)15/h4H,3H2,1-2H3;7H,4-6H2,1-3H3;5H,4H2,1-3H3. The lowest BCUT2D eigenvalue weighted by atomic mass is 9.90. The number of rotatable bonds is 8. The number of hydrogen-bond acceptors (Lipinski definition) is 6. The van der Waals surface area contributed by atoms with E-state index in [1.807, 2.05) is 6.92 Å². The third kappa shape index (κ3) is 11.6. The van der Waals surface area contributed by atoms with Crippen LogP contribution < -0.4 is 0 Å². The lowest BCUT2D eigenvalue weighted by molar-refractivity contribution is -0.315. The number of hydrogen-bond donors (Lipinski definition) is 0. The molecule has 0 bridgehead atoms. The van der Waals surface area contributed by atoms with Crippen LogP contribution in [0.15, 0.2) is 0 Å². The minimum absolute atomic E-state index is 0.0638. The molecular formula is C29H37F11O6. The molecule has 46 heavy (non-hydrogen) atoms. The SMILES string of the molecule is CCC(C)(C)C(=O)OC(C(F)(F)F)C(F)(F)F.CCC(C)(C)C(=O)OC1CCOC1=O.CCC(C)c1c(F)c(F)c(F)c(F)c1F. The Morgan fingerprint density at radius 2 is 1.15 bits per heavy atom. The first-order chi connectivity index (χ1) is 20.7. The van der Waals surface area contributed by atoms with E-state index in [0.29, 0.717) is 25.9 Å². The number of halogens is 11. The molecule has 0 aromatic heterocycles. The molecule has 266 valence electrons. The van der Waals surface area contributed by atoms with Crippen molar-refractivity contribution >= 4 is 17.9 Å². The van der Waals surface area contributed by atoms with Gasteiger partial charge >= 0.3 is 30.3 Å². The maximum atomic E-state index is 13.1. The first-order valence-electron chi connectivity index (χ1n) is 13.9. The minimum atomic E-state index is -5.67. The molecule has 17 heteroatoms. The number of carbonyl (C=O) groups excluding carboxylic acids is 3. The Balaban J connectivity index is 0.000000663. The van der Waals surface area contributed by atoms with Gasteiger partial charge in [0.05, 0.1) is 17.4 Å². The monoisotopic (exact) mass is 690 g/mol. The van der Waals surface area contributed by atoms with Gasteiger partial charge in [-0.2, -0.15) is 26.3 Å². The fraction of sp³-hybridized carbons (Fsp3) is 0.690. The van der Waals surface area contributed by atoms with E-state index >= 15 is 0 Å². The summed E-state index contributed by atoms with van der Waals surface area (Å²) in [6.07, 6.45) is -14.6. The fourth-order valence-electron chi connectivity index (χ4n) is 3.01. The van der Waals surface area contributed by atoms with Gasteiger partial charge in [-0.1, -0.05) is 27.7 Å². The normalized spacial score (nSPS) is 16.1. The topological polar surface area (TPSA) is 78.9 Å². The zero-order valence-electron chi connectivity index (χ0n) is 26.4. The van der Waals surface area contributed by atoms with E-state index in [2.05, 4.69) is 4.74 Å². The summed E-state index contributed by atoms with van der Waals surface area (Å²) in [6, 6.07) is 0.